The molecule has 3 aromatic heterocycles. The summed E-state index contributed by atoms with van der Waals surface area (Å²) >= 11 is 0. The summed E-state index contributed by atoms with van der Waals surface area (Å²) in [6, 6.07) is 10.8. The molecule has 9 nitrogen and oxygen atoms in total. The normalized spacial score (nSPS) is 15.9. The number of pyridine rings is 3. The maximum Gasteiger partial charge on any atom is 0.276 e. The van der Waals surface area contributed by atoms with Crippen LogP contribution < -0.4 is 26.4 Å². The molecule has 4 rings (SSSR count). The highest BCUT2D eigenvalue weighted by molar-refractivity contribution is 6.07. The van der Waals surface area contributed by atoms with Crippen molar-refractivity contribution in [2.24, 2.45) is 5.73 Å². The van der Waals surface area contributed by atoms with E-state index < -0.39 is 5.91 Å². The topological polar surface area (TPSA) is 132 Å². The van der Waals surface area contributed by atoms with E-state index in [-0.39, 0.29) is 17.4 Å². The lowest BCUT2D eigenvalue weighted by molar-refractivity contribution is 0.102. The summed E-state index contributed by atoms with van der Waals surface area (Å²) in [5, 5.41) is 2.92. The van der Waals surface area contributed by atoms with Gasteiger partial charge in [0.05, 0.1) is 41.3 Å². The van der Waals surface area contributed by atoms with E-state index in [0.717, 1.165) is 31.6 Å². The number of rotatable bonds is 6. The molecule has 166 valence electrons. The monoisotopic (exact) mass is 433 g/mol. The maximum atomic E-state index is 13.1. The SMILES string of the molecule is CCOc1cccc(-c2ccc(N)c(C(=O)Nc3cnccc3N3CCCC(N)C3)n2)n1. The second-order valence-corrected chi connectivity index (χ2v) is 7.62. The van der Waals surface area contributed by atoms with Gasteiger partial charge in [-0.1, -0.05) is 6.07 Å². The van der Waals surface area contributed by atoms with Crippen molar-refractivity contribution < 1.29 is 9.53 Å². The zero-order valence-electron chi connectivity index (χ0n) is 18.0. The lowest BCUT2D eigenvalue weighted by Gasteiger charge is -2.33. The summed E-state index contributed by atoms with van der Waals surface area (Å²) in [4.78, 5) is 28.4. The van der Waals surface area contributed by atoms with E-state index in [1.165, 1.54) is 0 Å². The highest BCUT2D eigenvalue weighted by Crippen LogP contribution is 2.28. The second-order valence-electron chi connectivity index (χ2n) is 7.62. The van der Waals surface area contributed by atoms with Crippen molar-refractivity contribution in [3.8, 4) is 17.3 Å². The number of hydrogen-bond donors (Lipinski definition) is 3. The summed E-state index contributed by atoms with van der Waals surface area (Å²) < 4.78 is 5.46. The molecule has 1 aliphatic rings. The first-order valence-corrected chi connectivity index (χ1v) is 10.7. The highest BCUT2D eigenvalue weighted by atomic mass is 16.5. The van der Waals surface area contributed by atoms with E-state index in [2.05, 4.69) is 25.2 Å². The van der Waals surface area contributed by atoms with Crippen LogP contribution >= 0.6 is 0 Å². The molecular weight excluding hydrogens is 406 g/mol. The molecule has 1 saturated heterocycles. The van der Waals surface area contributed by atoms with E-state index in [1.54, 1.807) is 30.6 Å². The Morgan fingerprint density at radius 1 is 1.22 bits per heavy atom. The van der Waals surface area contributed by atoms with Crippen LogP contribution in [-0.4, -0.2) is 46.6 Å². The van der Waals surface area contributed by atoms with Crippen LogP contribution in [0.25, 0.3) is 11.4 Å². The molecule has 3 aromatic rings. The van der Waals surface area contributed by atoms with Crippen LogP contribution in [0, 0.1) is 0 Å². The van der Waals surface area contributed by atoms with Gasteiger partial charge in [-0.25, -0.2) is 9.97 Å². The average Bonchev–Trinajstić information content (AvgIpc) is 2.80. The van der Waals surface area contributed by atoms with Gasteiger partial charge in [-0.05, 0) is 44.0 Å². The number of nitrogens with zero attached hydrogens (tertiary/aromatic N) is 4. The van der Waals surface area contributed by atoms with Gasteiger partial charge in [0.2, 0.25) is 5.88 Å². The summed E-state index contributed by atoms with van der Waals surface area (Å²) in [6.07, 6.45) is 5.33. The summed E-state index contributed by atoms with van der Waals surface area (Å²) in [5.41, 5.74) is 15.2. The van der Waals surface area contributed by atoms with Crippen molar-refractivity contribution in [1.29, 1.82) is 0 Å². The number of nitrogen functional groups attached to an aromatic ring is 1. The Balaban J connectivity index is 1.60. The molecule has 0 aromatic carbocycles. The number of hydrogen-bond acceptors (Lipinski definition) is 8. The fourth-order valence-electron chi connectivity index (χ4n) is 3.75. The van der Waals surface area contributed by atoms with E-state index in [1.807, 2.05) is 25.1 Å². The third kappa shape index (κ3) is 4.78. The lowest BCUT2D eigenvalue weighted by Crippen LogP contribution is -2.43. The van der Waals surface area contributed by atoms with E-state index >= 15 is 0 Å². The molecule has 1 atom stereocenters. The molecule has 0 radical (unpaired) electrons. The largest absolute Gasteiger partial charge is 0.478 e. The number of carbonyl (C=O) groups is 1. The fourth-order valence-corrected chi connectivity index (χ4v) is 3.75. The van der Waals surface area contributed by atoms with E-state index in [0.29, 0.717) is 29.6 Å². The van der Waals surface area contributed by atoms with E-state index in [4.69, 9.17) is 16.2 Å². The van der Waals surface area contributed by atoms with Gasteiger partial charge in [-0.2, -0.15) is 0 Å². The van der Waals surface area contributed by atoms with Crippen LogP contribution in [0.2, 0.25) is 0 Å². The van der Waals surface area contributed by atoms with Gasteiger partial charge >= 0.3 is 0 Å². The van der Waals surface area contributed by atoms with Crippen LogP contribution in [0.5, 0.6) is 5.88 Å². The zero-order valence-corrected chi connectivity index (χ0v) is 18.0. The molecule has 0 saturated carbocycles. The summed E-state index contributed by atoms with van der Waals surface area (Å²) in [7, 11) is 0. The molecule has 1 aliphatic heterocycles. The van der Waals surface area contributed by atoms with Gasteiger partial charge in [-0.3, -0.25) is 9.78 Å². The third-order valence-corrected chi connectivity index (χ3v) is 5.26. The van der Waals surface area contributed by atoms with Crippen molar-refractivity contribution in [1.82, 2.24) is 15.0 Å². The molecule has 0 bridgehead atoms. The number of carbonyl (C=O) groups excluding carboxylic acids is 1. The Morgan fingerprint density at radius 2 is 2.06 bits per heavy atom. The van der Waals surface area contributed by atoms with Gasteiger partial charge in [-0.15, -0.1) is 0 Å². The minimum Gasteiger partial charge on any atom is -0.478 e. The quantitative estimate of drug-likeness (QED) is 0.540. The Bertz CT molecular complexity index is 1110. The molecule has 0 spiro atoms. The number of ether oxygens (including phenoxy) is 1. The van der Waals surface area contributed by atoms with Crippen LogP contribution in [0.15, 0.2) is 48.8 Å². The molecule has 0 aliphatic carbocycles. The van der Waals surface area contributed by atoms with Gasteiger partial charge in [0.25, 0.3) is 5.91 Å². The third-order valence-electron chi connectivity index (χ3n) is 5.26. The van der Waals surface area contributed by atoms with Crippen LogP contribution in [-0.2, 0) is 0 Å². The van der Waals surface area contributed by atoms with Crippen LogP contribution in [0.1, 0.15) is 30.3 Å². The first kappa shape index (κ1) is 21.5. The highest BCUT2D eigenvalue weighted by Gasteiger charge is 2.21. The lowest BCUT2D eigenvalue weighted by atomic mass is 10.1. The number of nitrogens with one attached hydrogen (secondary N) is 1. The van der Waals surface area contributed by atoms with Gasteiger partial charge in [0.1, 0.15) is 0 Å². The number of piperidine rings is 1. The molecular formula is C23H27N7O2. The summed E-state index contributed by atoms with van der Waals surface area (Å²) in [5.74, 6) is 0.0789. The molecule has 4 heterocycles. The number of nitrogens with two attached hydrogens (primary N) is 2. The minimum atomic E-state index is -0.416. The molecule has 1 amide bonds. The van der Waals surface area contributed by atoms with Crippen molar-refractivity contribution >= 4 is 23.0 Å². The zero-order chi connectivity index (χ0) is 22.5. The molecule has 5 N–H and O–H groups in total. The van der Waals surface area contributed by atoms with Crippen molar-refractivity contribution in [3.05, 3.63) is 54.5 Å². The molecule has 1 fully saturated rings. The Morgan fingerprint density at radius 3 is 2.88 bits per heavy atom. The second kappa shape index (κ2) is 9.61. The first-order valence-electron chi connectivity index (χ1n) is 10.7. The number of amides is 1. The smallest absolute Gasteiger partial charge is 0.276 e. The predicted octanol–water partition coefficient (Wildman–Crippen LogP) is 2.70. The van der Waals surface area contributed by atoms with Crippen molar-refractivity contribution in [3.63, 3.8) is 0 Å². The first-order chi connectivity index (χ1) is 15.5. The standard InChI is InChI=1S/C23H27N7O2/c1-2-32-21-7-3-6-17(27-21)18-9-8-16(25)22(28-18)23(31)29-19-13-26-11-10-20(19)30-12-4-5-15(24)14-30/h3,6-11,13,15H,2,4-5,12,14,24-25H2,1H3,(H,29,31). The summed E-state index contributed by atoms with van der Waals surface area (Å²) in [6.45, 7) is 4.00. The predicted molar refractivity (Wildman–Crippen MR) is 125 cm³/mol. The molecule has 32 heavy (non-hydrogen) atoms. The Kier molecular flexibility index (Phi) is 6.46. The maximum absolute atomic E-state index is 13.1. The minimum absolute atomic E-state index is 0.106. The van der Waals surface area contributed by atoms with E-state index in [9.17, 15) is 4.79 Å². The molecule has 9 heteroatoms. The van der Waals surface area contributed by atoms with Crippen LogP contribution in [0.4, 0.5) is 17.1 Å². The number of anilines is 3. The Hall–Kier alpha value is -3.72. The molecule has 1 unspecified atom stereocenters. The van der Waals surface area contributed by atoms with Gasteiger partial charge in [0.15, 0.2) is 5.69 Å². The number of aromatic nitrogens is 3. The Labute approximate surface area is 186 Å². The van der Waals surface area contributed by atoms with Gasteiger partial charge < -0.3 is 26.4 Å². The average molecular weight is 434 g/mol. The van der Waals surface area contributed by atoms with Crippen molar-refractivity contribution in [2.45, 2.75) is 25.8 Å². The fraction of sp³-hybridized carbons (Fsp3) is 0.304. The van der Waals surface area contributed by atoms with Crippen LogP contribution in [0.3, 0.4) is 0 Å². The van der Waals surface area contributed by atoms with Gasteiger partial charge in [0, 0.05) is 31.4 Å². The van der Waals surface area contributed by atoms with Crippen molar-refractivity contribution in [2.75, 3.05) is 35.6 Å².